The standard InChI is InChI=1S/C16H21N5O2/c1-11-4-3-6-17-13(11)10-19-16(22)20-12-5-9-23-14(12)15-18-7-8-21(15)2/h3-4,6-8,12,14H,5,9-10H2,1-2H3,(H2,19,20,22)/t12-,14-/m0/s1. The Bertz CT molecular complexity index is 685. The second-order valence-corrected chi connectivity index (χ2v) is 5.68. The van der Waals surface area contributed by atoms with Crippen molar-refractivity contribution in [2.75, 3.05) is 6.61 Å². The van der Waals surface area contributed by atoms with Crippen LogP contribution in [0, 0.1) is 6.92 Å². The van der Waals surface area contributed by atoms with Crippen molar-refractivity contribution >= 4 is 6.03 Å². The van der Waals surface area contributed by atoms with Gasteiger partial charge in [0, 0.05) is 32.2 Å². The first-order valence-corrected chi connectivity index (χ1v) is 7.69. The van der Waals surface area contributed by atoms with Crippen LogP contribution in [0.15, 0.2) is 30.7 Å². The third-order valence-electron chi connectivity index (χ3n) is 4.06. The summed E-state index contributed by atoms with van der Waals surface area (Å²) >= 11 is 0. The van der Waals surface area contributed by atoms with E-state index in [9.17, 15) is 4.79 Å². The van der Waals surface area contributed by atoms with Gasteiger partial charge in [0.25, 0.3) is 0 Å². The number of amides is 2. The van der Waals surface area contributed by atoms with Crippen molar-refractivity contribution in [3.63, 3.8) is 0 Å². The number of hydrogen-bond acceptors (Lipinski definition) is 4. The van der Waals surface area contributed by atoms with E-state index in [0.29, 0.717) is 13.2 Å². The summed E-state index contributed by atoms with van der Waals surface area (Å²) in [5.74, 6) is 0.827. The van der Waals surface area contributed by atoms with Gasteiger partial charge in [0.05, 0.1) is 18.3 Å². The summed E-state index contributed by atoms with van der Waals surface area (Å²) in [6, 6.07) is 3.56. The lowest BCUT2D eigenvalue weighted by Crippen LogP contribution is -2.43. The molecule has 0 spiro atoms. The Labute approximate surface area is 135 Å². The molecule has 1 saturated heterocycles. The molecule has 2 aromatic heterocycles. The fourth-order valence-electron chi connectivity index (χ4n) is 2.73. The summed E-state index contributed by atoms with van der Waals surface area (Å²) in [7, 11) is 1.92. The minimum Gasteiger partial charge on any atom is -0.368 e. The van der Waals surface area contributed by atoms with Gasteiger partial charge in [0.15, 0.2) is 0 Å². The molecule has 3 heterocycles. The van der Waals surface area contributed by atoms with Gasteiger partial charge in [-0.1, -0.05) is 6.07 Å². The maximum absolute atomic E-state index is 12.2. The van der Waals surface area contributed by atoms with Gasteiger partial charge in [-0.25, -0.2) is 9.78 Å². The van der Waals surface area contributed by atoms with Crippen LogP contribution in [-0.4, -0.2) is 33.2 Å². The van der Waals surface area contributed by atoms with Gasteiger partial charge < -0.3 is 19.9 Å². The summed E-state index contributed by atoms with van der Waals surface area (Å²) in [5.41, 5.74) is 1.92. The van der Waals surface area contributed by atoms with Crippen molar-refractivity contribution in [2.24, 2.45) is 7.05 Å². The lowest BCUT2D eigenvalue weighted by atomic mass is 10.1. The SMILES string of the molecule is Cc1cccnc1CNC(=O)N[C@H]1CCO[C@@H]1c1nccn1C. The first kappa shape index (κ1) is 15.5. The topological polar surface area (TPSA) is 81.1 Å². The zero-order chi connectivity index (χ0) is 16.2. The number of pyridine rings is 1. The monoisotopic (exact) mass is 315 g/mol. The van der Waals surface area contributed by atoms with E-state index in [0.717, 1.165) is 23.5 Å². The Kier molecular flexibility index (Phi) is 4.57. The first-order chi connectivity index (χ1) is 11.1. The number of urea groups is 1. The van der Waals surface area contributed by atoms with E-state index in [1.807, 2.05) is 36.9 Å². The molecule has 7 nitrogen and oxygen atoms in total. The summed E-state index contributed by atoms with van der Waals surface area (Å²) in [6.45, 7) is 2.99. The molecule has 3 rings (SSSR count). The zero-order valence-electron chi connectivity index (χ0n) is 13.3. The lowest BCUT2D eigenvalue weighted by molar-refractivity contribution is 0.0908. The van der Waals surface area contributed by atoms with Gasteiger partial charge in [-0.05, 0) is 25.0 Å². The van der Waals surface area contributed by atoms with Crippen molar-refractivity contribution in [3.05, 3.63) is 47.8 Å². The summed E-state index contributed by atoms with van der Waals surface area (Å²) in [6.07, 6.45) is 5.89. The Hall–Kier alpha value is -2.41. The maximum atomic E-state index is 12.2. The molecule has 0 saturated carbocycles. The van der Waals surface area contributed by atoms with E-state index in [2.05, 4.69) is 20.6 Å². The highest BCUT2D eigenvalue weighted by Crippen LogP contribution is 2.27. The number of ether oxygens (including phenoxy) is 1. The van der Waals surface area contributed by atoms with Crippen LogP contribution in [0.1, 0.15) is 29.6 Å². The van der Waals surface area contributed by atoms with Gasteiger partial charge in [-0.3, -0.25) is 4.98 Å². The smallest absolute Gasteiger partial charge is 0.315 e. The number of hydrogen-bond donors (Lipinski definition) is 2. The van der Waals surface area contributed by atoms with E-state index >= 15 is 0 Å². The molecule has 2 amide bonds. The summed E-state index contributed by atoms with van der Waals surface area (Å²) in [5, 5.41) is 5.83. The second kappa shape index (κ2) is 6.78. The van der Waals surface area contributed by atoms with E-state index in [1.165, 1.54) is 0 Å². The number of rotatable bonds is 4. The van der Waals surface area contributed by atoms with Crippen LogP contribution in [0.2, 0.25) is 0 Å². The van der Waals surface area contributed by atoms with Crippen molar-refractivity contribution in [1.82, 2.24) is 25.2 Å². The highest BCUT2D eigenvalue weighted by Gasteiger charge is 2.33. The van der Waals surface area contributed by atoms with Crippen LogP contribution in [0.5, 0.6) is 0 Å². The van der Waals surface area contributed by atoms with E-state index in [-0.39, 0.29) is 18.2 Å². The highest BCUT2D eigenvalue weighted by atomic mass is 16.5. The van der Waals surface area contributed by atoms with Crippen LogP contribution < -0.4 is 10.6 Å². The molecule has 2 atom stereocenters. The quantitative estimate of drug-likeness (QED) is 0.895. The van der Waals surface area contributed by atoms with Crippen LogP contribution in [-0.2, 0) is 18.3 Å². The number of carbonyl (C=O) groups excluding carboxylic acids is 1. The molecule has 0 aliphatic carbocycles. The highest BCUT2D eigenvalue weighted by molar-refractivity contribution is 5.74. The van der Waals surface area contributed by atoms with Crippen LogP contribution in [0.25, 0.3) is 0 Å². The molecular formula is C16H21N5O2. The average molecular weight is 315 g/mol. The molecule has 23 heavy (non-hydrogen) atoms. The van der Waals surface area contributed by atoms with E-state index < -0.39 is 0 Å². The Morgan fingerprint density at radius 3 is 3.04 bits per heavy atom. The van der Waals surface area contributed by atoms with Crippen LogP contribution >= 0.6 is 0 Å². The molecule has 7 heteroatoms. The average Bonchev–Trinajstić information content (AvgIpc) is 3.15. The van der Waals surface area contributed by atoms with Crippen molar-refractivity contribution in [1.29, 1.82) is 0 Å². The van der Waals surface area contributed by atoms with Crippen LogP contribution in [0.4, 0.5) is 4.79 Å². The number of aromatic nitrogens is 3. The zero-order valence-corrected chi connectivity index (χ0v) is 13.3. The van der Waals surface area contributed by atoms with E-state index in [4.69, 9.17) is 4.74 Å². The second-order valence-electron chi connectivity index (χ2n) is 5.68. The van der Waals surface area contributed by atoms with Gasteiger partial charge in [-0.2, -0.15) is 0 Å². The predicted octanol–water partition coefficient (Wildman–Crippen LogP) is 1.45. The molecule has 1 aliphatic rings. The minimum atomic E-state index is -0.218. The number of nitrogens with one attached hydrogen (secondary N) is 2. The summed E-state index contributed by atoms with van der Waals surface area (Å²) < 4.78 is 7.65. The van der Waals surface area contributed by atoms with Crippen LogP contribution in [0.3, 0.4) is 0 Å². The normalized spacial score (nSPS) is 20.4. The fourth-order valence-corrected chi connectivity index (χ4v) is 2.73. The largest absolute Gasteiger partial charge is 0.368 e. The molecule has 0 radical (unpaired) electrons. The van der Waals surface area contributed by atoms with Crippen molar-refractivity contribution in [2.45, 2.75) is 32.0 Å². The van der Waals surface area contributed by atoms with Gasteiger partial charge in [-0.15, -0.1) is 0 Å². The molecule has 1 fully saturated rings. The minimum absolute atomic E-state index is 0.0825. The Morgan fingerprint density at radius 2 is 2.30 bits per heavy atom. The van der Waals surface area contributed by atoms with Gasteiger partial charge in [0.2, 0.25) is 0 Å². The molecule has 2 N–H and O–H groups in total. The van der Waals surface area contributed by atoms with Gasteiger partial charge >= 0.3 is 6.03 Å². The Morgan fingerprint density at radius 1 is 1.43 bits per heavy atom. The third kappa shape index (κ3) is 3.50. The molecule has 0 unspecified atom stereocenters. The first-order valence-electron chi connectivity index (χ1n) is 7.69. The fraction of sp³-hybridized carbons (Fsp3) is 0.438. The molecular weight excluding hydrogens is 294 g/mol. The van der Waals surface area contributed by atoms with Gasteiger partial charge in [0.1, 0.15) is 11.9 Å². The number of imidazole rings is 1. The molecule has 0 bridgehead atoms. The number of aryl methyl sites for hydroxylation is 2. The molecule has 1 aliphatic heterocycles. The maximum Gasteiger partial charge on any atom is 0.315 e. The summed E-state index contributed by atoms with van der Waals surface area (Å²) in [4.78, 5) is 20.7. The number of carbonyl (C=O) groups is 1. The van der Waals surface area contributed by atoms with E-state index in [1.54, 1.807) is 12.4 Å². The predicted molar refractivity (Wildman–Crippen MR) is 84.7 cm³/mol. The Balaban J connectivity index is 1.57. The molecule has 122 valence electrons. The van der Waals surface area contributed by atoms with Crippen molar-refractivity contribution < 1.29 is 9.53 Å². The van der Waals surface area contributed by atoms with Crippen molar-refractivity contribution in [3.8, 4) is 0 Å². The third-order valence-corrected chi connectivity index (χ3v) is 4.06. The number of nitrogens with zero attached hydrogens (tertiary/aromatic N) is 3. The lowest BCUT2D eigenvalue weighted by Gasteiger charge is -2.20. The molecule has 0 aromatic carbocycles. The molecule has 2 aromatic rings.